The lowest BCUT2D eigenvalue weighted by atomic mass is 9.67. The average Bonchev–Trinajstić information content (AvgIpc) is 3.00. The summed E-state index contributed by atoms with van der Waals surface area (Å²) in [5, 5.41) is 6.61. The van der Waals surface area contributed by atoms with E-state index in [-0.39, 0.29) is 23.7 Å². The molecule has 0 bridgehead atoms. The number of methoxy groups -OCH3 is 1. The van der Waals surface area contributed by atoms with Gasteiger partial charge in [0, 0.05) is 13.1 Å². The third kappa shape index (κ3) is 3.64. The minimum atomic E-state index is -0.154. The van der Waals surface area contributed by atoms with E-state index in [4.69, 9.17) is 4.74 Å². The smallest absolute Gasteiger partial charge is 0.227 e. The highest BCUT2D eigenvalue weighted by molar-refractivity contribution is 5.85. The predicted octanol–water partition coefficient (Wildman–Crippen LogP) is 2.56. The quantitative estimate of drug-likeness (QED) is 0.867. The highest BCUT2D eigenvalue weighted by Gasteiger charge is 2.49. The second-order valence-corrected chi connectivity index (χ2v) is 6.55. The highest BCUT2D eigenvalue weighted by Crippen LogP contribution is 2.43. The van der Waals surface area contributed by atoms with Crippen LogP contribution in [0.15, 0.2) is 24.3 Å². The van der Waals surface area contributed by atoms with Gasteiger partial charge in [-0.25, -0.2) is 0 Å². The lowest BCUT2D eigenvalue weighted by Gasteiger charge is -2.37. The summed E-state index contributed by atoms with van der Waals surface area (Å²) < 4.78 is 5.36. The zero-order valence-corrected chi connectivity index (χ0v) is 14.6. The van der Waals surface area contributed by atoms with Gasteiger partial charge >= 0.3 is 0 Å². The molecule has 1 aromatic carbocycles. The first kappa shape index (κ1) is 18.1. The van der Waals surface area contributed by atoms with Gasteiger partial charge in [0.1, 0.15) is 5.75 Å². The Morgan fingerprint density at radius 3 is 3.04 bits per heavy atom. The van der Waals surface area contributed by atoms with Gasteiger partial charge in [0.05, 0.1) is 12.5 Å². The van der Waals surface area contributed by atoms with Gasteiger partial charge in [-0.1, -0.05) is 31.0 Å². The number of para-hydroxylation sites is 1. The molecule has 128 valence electrons. The van der Waals surface area contributed by atoms with Crippen LogP contribution in [0.3, 0.4) is 0 Å². The van der Waals surface area contributed by atoms with Crippen molar-refractivity contribution >= 4 is 18.3 Å². The first-order chi connectivity index (χ1) is 10.8. The van der Waals surface area contributed by atoms with Crippen molar-refractivity contribution in [3.05, 3.63) is 29.8 Å². The number of carbonyl (C=O) groups is 1. The molecule has 2 atom stereocenters. The van der Waals surface area contributed by atoms with E-state index in [1.165, 1.54) is 19.3 Å². The van der Waals surface area contributed by atoms with Crippen molar-refractivity contribution in [1.82, 2.24) is 10.6 Å². The summed E-state index contributed by atoms with van der Waals surface area (Å²) in [5.41, 5.74) is 0.992. The molecule has 0 aromatic heterocycles. The van der Waals surface area contributed by atoms with Crippen molar-refractivity contribution in [2.24, 2.45) is 11.3 Å². The Kier molecular flexibility index (Phi) is 6.31. The highest BCUT2D eigenvalue weighted by atomic mass is 35.5. The number of ether oxygens (including phenoxy) is 1. The van der Waals surface area contributed by atoms with Gasteiger partial charge in [-0.2, -0.15) is 0 Å². The minimum Gasteiger partial charge on any atom is -0.496 e. The number of benzene rings is 1. The Morgan fingerprint density at radius 1 is 1.39 bits per heavy atom. The van der Waals surface area contributed by atoms with E-state index in [2.05, 4.69) is 16.7 Å². The molecule has 1 saturated heterocycles. The Balaban J connectivity index is 0.00000192. The molecule has 1 amide bonds. The molecule has 1 aromatic rings. The minimum absolute atomic E-state index is 0. The molecule has 1 aliphatic heterocycles. The third-order valence-corrected chi connectivity index (χ3v) is 5.36. The molecule has 1 heterocycles. The SMILES string of the molecule is COc1ccccc1CCNC(=O)[C@@]12CCCC[C@H]1CNC2.Cl. The zero-order valence-electron chi connectivity index (χ0n) is 13.8. The third-order valence-electron chi connectivity index (χ3n) is 5.36. The fourth-order valence-corrected chi connectivity index (χ4v) is 4.09. The molecule has 0 radical (unpaired) electrons. The van der Waals surface area contributed by atoms with Crippen LogP contribution in [0.4, 0.5) is 0 Å². The molecule has 1 aliphatic carbocycles. The summed E-state index contributed by atoms with van der Waals surface area (Å²) in [6.07, 6.45) is 5.47. The largest absolute Gasteiger partial charge is 0.496 e. The molecule has 1 saturated carbocycles. The normalized spacial score (nSPS) is 26.0. The Labute approximate surface area is 144 Å². The van der Waals surface area contributed by atoms with Crippen LogP contribution in [-0.2, 0) is 11.2 Å². The lowest BCUT2D eigenvalue weighted by Crippen LogP contribution is -2.48. The monoisotopic (exact) mass is 338 g/mol. The Morgan fingerprint density at radius 2 is 2.22 bits per heavy atom. The maximum Gasteiger partial charge on any atom is 0.227 e. The van der Waals surface area contributed by atoms with Gasteiger partial charge in [-0.15, -0.1) is 12.4 Å². The fourth-order valence-electron chi connectivity index (χ4n) is 4.09. The van der Waals surface area contributed by atoms with Crippen LogP contribution in [0.5, 0.6) is 5.75 Å². The summed E-state index contributed by atoms with van der Waals surface area (Å²) >= 11 is 0. The van der Waals surface area contributed by atoms with Crippen LogP contribution >= 0.6 is 12.4 Å². The second-order valence-electron chi connectivity index (χ2n) is 6.55. The number of fused-ring (bicyclic) bond motifs is 1. The molecular weight excluding hydrogens is 312 g/mol. The van der Waals surface area contributed by atoms with Crippen LogP contribution < -0.4 is 15.4 Å². The maximum absolute atomic E-state index is 12.8. The Bertz CT molecular complexity index is 538. The van der Waals surface area contributed by atoms with Gasteiger partial charge < -0.3 is 15.4 Å². The number of amides is 1. The van der Waals surface area contributed by atoms with Crippen molar-refractivity contribution in [3.63, 3.8) is 0 Å². The number of hydrogen-bond donors (Lipinski definition) is 2. The maximum atomic E-state index is 12.8. The molecule has 5 heteroatoms. The molecule has 0 unspecified atom stereocenters. The van der Waals surface area contributed by atoms with E-state index in [1.54, 1.807) is 7.11 Å². The molecule has 2 fully saturated rings. The summed E-state index contributed by atoms with van der Waals surface area (Å²) in [6.45, 7) is 2.52. The summed E-state index contributed by atoms with van der Waals surface area (Å²) in [6, 6.07) is 8.00. The first-order valence-electron chi connectivity index (χ1n) is 8.37. The number of carbonyl (C=O) groups excluding carboxylic acids is 1. The van der Waals surface area contributed by atoms with E-state index in [0.717, 1.165) is 37.2 Å². The molecule has 2 N–H and O–H groups in total. The lowest BCUT2D eigenvalue weighted by molar-refractivity contribution is -0.133. The molecule has 23 heavy (non-hydrogen) atoms. The van der Waals surface area contributed by atoms with Gasteiger partial charge in [0.25, 0.3) is 0 Å². The summed E-state index contributed by atoms with van der Waals surface area (Å²) in [7, 11) is 1.69. The van der Waals surface area contributed by atoms with E-state index >= 15 is 0 Å². The van der Waals surface area contributed by atoms with Gasteiger partial charge in [0.15, 0.2) is 0 Å². The van der Waals surface area contributed by atoms with E-state index < -0.39 is 0 Å². The molecule has 2 aliphatic rings. The zero-order chi connectivity index (χ0) is 15.4. The number of rotatable bonds is 5. The molecule has 0 spiro atoms. The number of nitrogens with one attached hydrogen (secondary N) is 2. The van der Waals surface area contributed by atoms with Crippen LogP contribution in [0.2, 0.25) is 0 Å². The average molecular weight is 339 g/mol. The van der Waals surface area contributed by atoms with Crippen molar-refractivity contribution in [1.29, 1.82) is 0 Å². The topological polar surface area (TPSA) is 50.4 Å². The van der Waals surface area contributed by atoms with Crippen molar-refractivity contribution in [2.45, 2.75) is 32.1 Å². The van der Waals surface area contributed by atoms with Crippen LogP contribution in [0.1, 0.15) is 31.2 Å². The predicted molar refractivity (Wildman–Crippen MR) is 94.2 cm³/mol. The van der Waals surface area contributed by atoms with Gasteiger partial charge in [0.2, 0.25) is 5.91 Å². The number of hydrogen-bond acceptors (Lipinski definition) is 3. The second kappa shape index (κ2) is 8.02. The van der Waals surface area contributed by atoms with Crippen LogP contribution in [0.25, 0.3) is 0 Å². The molecule has 4 nitrogen and oxygen atoms in total. The molecule has 3 rings (SSSR count). The summed E-state index contributed by atoms with van der Waals surface area (Å²) in [4.78, 5) is 12.8. The standard InChI is InChI=1S/C18H26N2O2.ClH/c1-22-16-8-3-2-6-14(16)9-11-20-17(21)18-10-5-4-7-15(18)12-19-13-18;/h2-3,6,8,15,19H,4-5,7,9-13H2,1H3,(H,20,21);1H/t15-,18+;/m0./s1. The van der Waals surface area contributed by atoms with E-state index in [0.29, 0.717) is 12.5 Å². The fraction of sp³-hybridized carbons (Fsp3) is 0.611. The van der Waals surface area contributed by atoms with Crippen molar-refractivity contribution < 1.29 is 9.53 Å². The number of halogens is 1. The van der Waals surface area contributed by atoms with Crippen LogP contribution in [0, 0.1) is 11.3 Å². The van der Waals surface area contributed by atoms with Crippen molar-refractivity contribution in [3.8, 4) is 5.75 Å². The van der Waals surface area contributed by atoms with Crippen molar-refractivity contribution in [2.75, 3.05) is 26.7 Å². The van der Waals surface area contributed by atoms with Gasteiger partial charge in [-0.3, -0.25) is 4.79 Å². The van der Waals surface area contributed by atoms with Crippen LogP contribution in [-0.4, -0.2) is 32.7 Å². The van der Waals surface area contributed by atoms with E-state index in [1.807, 2.05) is 18.2 Å². The van der Waals surface area contributed by atoms with E-state index in [9.17, 15) is 4.79 Å². The first-order valence-corrected chi connectivity index (χ1v) is 8.37. The Hall–Kier alpha value is -1.26. The molecular formula is C18H27ClN2O2. The van der Waals surface area contributed by atoms with Gasteiger partial charge in [-0.05, 0) is 43.4 Å². The summed E-state index contributed by atoms with van der Waals surface area (Å²) in [5.74, 6) is 1.66.